The summed E-state index contributed by atoms with van der Waals surface area (Å²) in [5.74, 6) is 0. The molecule has 2 aliphatic rings. The molecule has 2 fully saturated rings. The van der Waals surface area contributed by atoms with E-state index in [1.807, 2.05) is 0 Å². The molecule has 1 saturated heterocycles. The van der Waals surface area contributed by atoms with Gasteiger partial charge in [-0.05, 0) is 37.8 Å². The maximum atomic E-state index is 3.84. The summed E-state index contributed by atoms with van der Waals surface area (Å²) in [6.07, 6.45) is 6.62. The number of nitrogens with one attached hydrogen (secondary N) is 1. The Morgan fingerprint density at radius 2 is 2.00 bits per heavy atom. The highest BCUT2D eigenvalue weighted by Crippen LogP contribution is 2.36. The lowest BCUT2D eigenvalue weighted by molar-refractivity contribution is 0.276. The van der Waals surface area contributed by atoms with Crippen LogP contribution < -0.4 is 10.2 Å². The lowest BCUT2D eigenvalue weighted by atomic mass is 9.91. The van der Waals surface area contributed by atoms with Gasteiger partial charge in [-0.25, -0.2) is 0 Å². The number of nitrogens with zero attached hydrogens (tertiary/aromatic N) is 1. The van der Waals surface area contributed by atoms with Crippen LogP contribution in [-0.2, 0) is 6.42 Å². The zero-order valence-corrected chi connectivity index (χ0v) is 12.3. The minimum atomic E-state index is 0.396. The van der Waals surface area contributed by atoms with Crippen LogP contribution in [0, 0.1) is 0 Å². The summed E-state index contributed by atoms with van der Waals surface area (Å²) >= 11 is 0. The highest BCUT2D eigenvalue weighted by atomic mass is 15.3. The molecule has 0 bridgehead atoms. The Hall–Kier alpha value is -1.02. The van der Waals surface area contributed by atoms with Gasteiger partial charge in [0, 0.05) is 30.4 Å². The van der Waals surface area contributed by atoms with Gasteiger partial charge in [-0.2, -0.15) is 0 Å². The molecular weight excluding hydrogens is 232 g/mol. The van der Waals surface area contributed by atoms with Crippen molar-refractivity contribution >= 4 is 5.69 Å². The normalized spacial score (nSPS) is 26.0. The van der Waals surface area contributed by atoms with Gasteiger partial charge in [0.05, 0.1) is 0 Å². The number of hydrogen-bond acceptors (Lipinski definition) is 2. The van der Waals surface area contributed by atoms with Crippen molar-refractivity contribution in [3.8, 4) is 0 Å². The maximum absolute atomic E-state index is 3.84. The molecule has 1 spiro atoms. The minimum Gasteiger partial charge on any atom is -0.365 e. The number of anilines is 1. The molecule has 0 amide bonds. The molecule has 1 saturated carbocycles. The zero-order valence-electron chi connectivity index (χ0n) is 12.3. The number of hydrogen-bond donors (Lipinski definition) is 1. The molecule has 1 heterocycles. The molecular formula is C17H26N2. The smallest absolute Gasteiger partial charge is 0.0402 e. The van der Waals surface area contributed by atoms with Crippen LogP contribution in [0.15, 0.2) is 24.3 Å². The van der Waals surface area contributed by atoms with E-state index in [1.165, 1.54) is 43.5 Å². The van der Waals surface area contributed by atoms with E-state index in [-0.39, 0.29) is 0 Å². The molecule has 2 nitrogen and oxygen atoms in total. The van der Waals surface area contributed by atoms with Crippen LogP contribution in [0.1, 0.15) is 45.1 Å². The summed E-state index contributed by atoms with van der Waals surface area (Å²) in [6.45, 7) is 6.92. The molecule has 1 N–H and O–H groups in total. The highest BCUT2D eigenvalue weighted by molar-refractivity contribution is 5.55. The fourth-order valence-electron chi connectivity index (χ4n) is 3.81. The van der Waals surface area contributed by atoms with Crippen LogP contribution in [-0.4, -0.2) is 24.7 Å². The minimum absolute atomic E-state index is 0.396. The third-order valence-electron chi connectivity index (χ3n) is 5.02. The predicted octanol–water partition coefficient (Wildman–Crippen LogP) is 3.36. The molecule has 1 unspecified atom stereocenters. The van der Waals surface area contributed by atoms with Gasteiger partial charge in [0.1, 0.15) is 0 Å². The van der Waals surface area contributed by atoms with E-state index in [9.17, 15) is 0 Å². The average molecular weight is 258 g/mol. The zero-order chi connectivity index (χ0) is 13.3. The number of para-hydroxylation sites is 1. The summed E-state index contributed by atoms with van der Waals surface area (Å²) in [5, 5.41) is 3.84. The molecule has 1 aromatic carbocycles. The monoisotopic (exact) mass is 258 g/mol. The Labute approximate surface area is 117 Å². The fourth-order valence-corrected chi connectivity index (χ4v) is 3.81. The van der Waals surface area contributed by atoms with E-state index in [0.717, 1.165) is 13.0 Å². The lowest BCUT2D eigenvalue weighted by Crippen LogP contribution is -2.62. The van der Waals surface area contributed by atoms with Gasteiger partial charge in [-0.3, -0.25) is 0 Å². The second kappa shape index (κ2) is 5.16. The van der Waals surface area contributed by atoms with Crippen molar-refractivity contribution in [1.29, 1.82) is 0 Å². The van der Waals surface area contributed by atoms with Crippen molar-refractivity contribution in [2.45, 2.75) is 57.5 Å². The number of rotatable bonds is 2. The van der Waals surface area contributed by atoms with Crippen molar-refractivity contribution < 1.29 is 0 Å². The van der Waals surface area contributed by atoms with E-state index in [4.69, 9.17) is 0 Å². The van der Waals surface area contributed by atoms with Crippen molar-refractivity contribution in [2.75, 3.05) is 18.0 Å². The van der Waals surface area contributed by atoms with Gasteiger partial charge in [0.2, 0.25) is 0 Å². The van der Waals surface area contributed by atoms with Gasteiger partial charge in [-0.15, -0.1) is 0 Å². The van der Waals surface area contributed by atoms with Gasteiger partial charge in [-0.1, -0.05) is 38.0 Å². The van der Waals surface area contributed by atoms with E-state index < -0.39 is 0 Å². The van der Waals surface area contributed by atoms with E-state index in [0.29, 0.717) is 11.6 Å². The van der Waals surface area contributed by atoms with E-state index >= 15 is 0 Å². The quantitative estimate of drug-likeness (QED) is 0.875. The van der Waals surface area contributed by atoms with Crippen LogP contribution in [0.4, 0.5) is 5.69 Å². The first kappa shape index (κ1) is 13.0. The molecule has 1 atom stereocenters. The second-order valence-electron chi connectivity index (χ2n) is 6.33. The summed E-state index contributed by atoms with van der Waals surface area (Å²) in [5.41, 5.74) is 3.35. The molecule has 0 aromatic heterocycles. The van der Waals surface area contributed by atoms with Crippen molar-refractivity contribution in [1.82, 2.24) is 5.32 Å². The van der Waals surface area contributed by atoms with Crippen LogP contribution in [0.25, 0.3) is 0 Å². The second-order valence-corrected chi connectivity index (χ2v) is 6.33. The Morgan fingerprint density at radius 1 is 1.26 bits per heavy atom. The van der Waals surface area contributed by atoms with Gasteiger partial charge >= 0.3 is 0 Å². The first-order valence-corrected chi connectivity index (χ1v) is 7.84. The van der Waals surface area contributed by atoms with Crippen LogP contribution in [0.2, 0.25) is 0 Å². The summed E-state index contributed by atoms with van der Waals surface area (Å²) in [6, 6.07) is 9.54. The van der Waals surface area contributed by atoms with Gasteiger partial charge in [0.25, 0.3) is 0 Å². The van der Waals surface area contributed by atoms with Crippen LogP contribution in [0.3, 0.4) is 0 Å². The van der Waals surface area contributed by atoms with E-state index in [2.05, 4.69) is 48.3 Å². The predicted molar refractivity (Wildman–Crippen MR) is 81.8 cm³/mol. The highest BCUT2D eigenvalue weighted by Gasteiger charge is 2.40. The SMILES string of the molecule is CCc1ccccc1N1CC2(CCCC2)NCC1C. The Balaban J connectivity index is 1.89. The molecule has 1 aliphatic heterocycles. The number of benzene rings is 1. The molecule has 3 rings (SSSR count). The molecule has 1 aliphatic carbocycles. The van der Waals surface area contributed by atoms with Crippen LogP contribution in [0.5, 0.6) is 0 Å². The molecule has 2 heteroatoms. The van der Waals surface area contributed by atoms with Crippen LogP contribution >= 0.6 is 0 Å². The standard InChI is InChI=1S/C17H26N2/c1-3-15-8-4-5-9-16(15)19-13-17(10-6-7-11-17)18-12-14(19)2/h4-5,8-9,14,18H,3,6-7,10-13H2,1-2H3. The van der Waals surface area contributed by atoms with E-state index in [1.54, 1.807) is 0 Å². The summed E-state index contributed by atoms with van der Waals surface area (Å²) in [7, 11) is 0. The van der Waals surface area contributed by atoms with Crippen molar-refractivity contribution in [3.05, 3.63) is 29.8 Å². The lowest BCUT2D eigenvalue weighted by Gasteiger charge is -2.47. The number of aryl methyl sites for hydroxylation is 1. The Bertz CT molecular complexity index is 435. The average Bonchev–Trinajstić information content (AvgIpc) is 2.90. The third-order valence-corrected chi connectivity index (χ3v) is 5.02. The molecule has 0 radical (unpaired) electrons. The third kappa shape index (κ3) is 2.38. The fraction of sp³-hybridized carbons (Fsp3) is 0.647. The Kier molecular flexibility index (Phi) is 3.53. The van der Waals surface area contributed by atoms with Crippen molar-refractivity contribution in [3.63, 3.8) is 0 Å². The molecule has 19 heavy (non-hydrogen) atoms. The first-order valence-electron chi connectivity index (χ1n) is 7.84. The van der Waals surface area contributed by atoms with Crippen molar-refractivity contribution in [2.24, 2.45) is 0 Å². The molecule has 1 aromatic rings. The summed E-state index contributed by atoms with van der Waals surface area (Å²) in [4.78, 5) is 2.65. The maximum Gasteiger partial charge on any atom is 0.0402 e. The largest absolute Gasteiger partial charge is 0.365 e. The number of piperazine rings is 1. The first-order chi connectivity index (χ1) is 9.24. The van der Waals surface area contributed by atoms with Gasteiger partial charge < -0.3 is 10.2 Å². The van der Waals surface area contributed by atoms with Gasteiger partial charge in [0.15, 0.2) is 0 Å². The Morgan fingerprint density at radius 3 is 2.74 bits per heavy atom. The topological polar surface area (TPSA) is 15.3 Å². The summed E-state index contributed by atoms with van der Waals surface area (Å²) < 4.78 is 0. The molecule has 104 valence electrons.